The van der Waals surface area contributed by atoms with E-state index in [4.69, 9.17) is 11.6 Å². The molecule has 0 bridgehead atoms. The fourth-order valence-corrected chi connectivity index (χ4v) is 3.94. The van der Waals surface area contributed by atoms with E-state index < -0.39 is 6.04 Å². The minimum atomic E-state index is -0.761. The maximum atomic E-state index is 12.9. The topological polar surface area (TPSA) is 66.5 Å². The lowest BCUT2D eigenvalue weighted by Gasteiger charge is -2.27. The Labute approximate surface area is 164 Å². The van der Waals surface area contributed by atoms with Gasteiger partial charge in [-0.25, -0.2) is 0 Å². The Kier molecular flexibility index (Phi) is 6.00. The van der Waals surface area contributed by atoms with Crippen LogP contribution in [-0.2, 0) is 20.9 Å². The van der Waals surface area contributed by atoms with E-state index in [0.29, 0.717) is 30.8 Å². The zero-order valence-corrected chi connectivity index (χ0v) is 16.4. The molecular weight excluding hydrogens is 364 g/mol. The normalized spacial score (nSPS) is 22.9. The highest BCUT2D eigenvalue weighted by Crippen LogP contribution is 2.37. The molecule has 1 fully saturated rings. The summed E-state index contributed by atoms with van der Waals surface area (Å²) in [5, 5.41) is 3.51. The third-order valence-corrected chi connectivity index (χ3v) is 5.48. The first kappa shape index (κ1) is 19.6. The molecule has 144 valence electrons. The molecule has 3 atom stereocenters. The molecule has 0 unspecified atom stereocenters. The summed E-state index contributed by atoms with van der Waals surface area (Å²) >= 11 is 5.89. The van der Waals surface area contributed by atoms with Gasteiger partial charge in [0.05, 0.1) is 11.8 Å². The fourth-order valence-electron chi connectivity index (χ4n) is 3.82. The number of carbonyl (C=O) groups excluding carboxylic acids is 3. The first-order chi connectivity index (χ1) is 12.9. The smallest absolute Gasteiger partial charge is 0.243 e. The molecule has 1 aliphatic carbocycles. The second kappa shape index (κ2) is 8.26. The number of nitrogens with one attached hydrogen (secondary N) is 1. The van der Waals surface area contributed by atoms with Crippen molar-refractivity contribution < 1.29 is 14.4 Å². The monoisotopic (exact) mass is 388 g/mol. The second-order valence-electron chi connectivity index (χ2n) is 7.69. The predicted octanol–water partition coefficient (Wildman–Crippen LogP) is 3.32. The average molecular weight is 389 g/mol. The fraction of sp³-hybridized carbons (Fsp3) is 0.476. The predicted molar refractivity (Wildman–Crippen MR) is 104 cm³/mol. The minimum Gasteiger partial charge on any atom is -0.350 e. The Morgan fingerprint density at radius 3 is 2.19 bits per heavy atom. The Bertz CT molecular complexity index is 731. The quantitative estimate of drug-likeness (QED) is 0.600. The van der Waals surface area contributed by atoms with E-state index in [2.05, 4.69) is 5.32 Å². The number of likely N-dealkylation sites (tertiary alicyclic amines) is 1. The van der Waals surface area contributed by atoms with E-state index in [9.17, 15) is 14.4 Å². The Hall–Kier alpha value is -2.14. The van der Waals surface area contributed by atoms with Gasteiger partial charge in [0.25, 0.3) is 0 Å². The van der Waals surface area contributed by atoms with Gasteiger partial charge in [0, 0.05) is 11.6 Å². The van der Waals surface area contributed by atoms with Crippen molar-refractivity contribution in [3.63, 3.8) is 0 Å². The number of allylic oxidation sites excluding steroid dienone is 2. The van der Waals surface area contributed by atoms with Crippen LogP contribution in [0.25, 0.3) is 0 Å². The van der Waals surface area contributed by atoms with Crippen molar-refractivity contribution in [3.8, 4) is 0 Å². The number of carbonyl (C=O) groups is 3. The number of nitrogens with zero attached hydrogens (tertiary/aromatic N) is 1. The molecule has 1 aromatic rings. The molecule has 1 aliphatic heterocycles. The molecule has 3 amide bonds. The van der Waals surface area contributed by atoms with Gasteiger partial charge < -0.3 is 5.32 Å². The van der Waals surface area contributed by atoms with Crippen LogP contribution in [0.1, 0.15) is 38.7 Å². The SMILES string of the molecule is CC(C)C[C@@H](C(=O)NCc1ccc(Cl)cc1)N1C(=O)[C@H]2CC=CC[C@H]2C1=O. The number of amides is 3. The molecule has 1 saturated heterocycles. The molecule has 0 radical (unpaired) electrons. The van der Waals surface area contributed by atoms with Crippen LogP contribution in [0, 0.1) is 17.8 Å². The van der Waals surface area contributed by atoms with E-state index in [1.807, 2.05) is 38.1 Å². The largest absolute Gasteiger partial charge is 0.350 e. The average Bonchev–Trinajstić information content (AvgIpc) is 2.90. The van der Waals surface area contributed by atoms with Crippen LogP contribution < -0.4 is 5.32 Å². The highest BCUT2D eigenvalue weighted by Gasteiger charge is 2.51. The Morgan fingerprint density at radius 1 is 1.11 bits per heavy atom. The summed E-state index contributed by atoms with van der Waals surface area (Å²) in [6.07, 6.45) is 5.51. The van der Waals surface area contributed by atoms with Gasteiger partial charge in [-0.05, 0) is 42.9 Å². The van der Waals surface area contributed by atoms with Gasteiger partial charge >= 0.3 is 0 Å². The summed E-state index contributed by atoms with van der Waals surface area (Å²) in [5.74, 6) is -1.16. The van der Waals surface area contributed by atoms with E-state index in [-0.39, 0.29) is 35.5 Å². The molecule has 1 N–H and O–H groups in total. The number of benzene rings is 1. The van der Waals surface area contributed by atoms with E-state index in [1.165, 1.54) is 4.90 Å². The first-order valence-electron chi connectivity index (χ1n) is 9.42. The molecule has 1 heterocycles. The number of hydrogen-bond donors (Lipinski definition) is 1. The van der Waals surface area contributed by atoms with Gasteiger partial charge in [0.1, 0.15) is 6.04 Å². The Balaban J connectivity index is 1.75. The summed E-state index contributed by atoms with van der Waals surface area (Å²) in [7, 11) is 0. The van der Waals surface area contributed by atoms with Crippen LogP contribution in [0.2, 0.25) is 5.02 Å². The van der Waals surface area contributed by atoms with E-state index in [1.54, 1.807) is 12.1 Å². The molecule has 3 rings (SSSR count). The van der Waals surface area contributed by atoms with Gasteiger partial charge in [-0.15, -0.1) is 0 Å². The molecule has 27 heavy (non-hydrogen) atoms. The first-order valence-corrected chi connectivity index (χ1v) is 9.80. The van der Waals surface area contributed by atoms with Crippen molar-refractivity contribution in [2.45, 2.75) is 45.7 Å². The maximum Gasteiger partial charge on any atom is 0.243 e. The molecule has 0 saturated carbocycles. The van der Waals surface area contributed by atoms with Gasteiger partial charge in [0.2, 0.25) is 17.7 Å². The van der Waals surface area contributed by atoms with Crippen molar-refractivity contribution in [1.82, 2.24) is 10.2 Å². The zero-order valence-electron chi connectivity index (χ0n) is 15.7. The van der Waals surface area contributed by atoms with E-state index >= 15 is 0 Å². The van der Waals surface area contributed by atoms with Crippen molar-refractivity contribution in [3.05, 3.63) is 47.0 Å². The third kappa shape index (κ3) is 4.24. The number of hydrogen-bond acceptors (Lipinski definition) is 3. The van der Waals surface area contributed by atoms with Crippen molar-refractivity contribution >= 4 is 29.3 Å². The van der Waals surface area contributed by atoms with Gasteiger partial charge in [0.15, 0.2) is 0 Å². The number of halogens is 1. The van der Waals surface area contributed by atoms with Crippen molar-refractivity contribution in [2.75, 3.05) is 0 Å². The molecule has 6 heteroatoms. The van der Waals surface area contributed by atoms with Crippen molar-refractivity contribution in [2.24, 2.45) is 17.8 Å². The van der Waals surface area contributed by atoms with Gasteiger partial charge in [-0.2, -0.15) is 0 Å². The van der Waals surface area contributed by atoms with Gasteiger partial charge in [-0.3, -0.25) is 19.3 Å². The molecule has 1 aromatic carbocycles. The summed E-state index contributed by atoms with van der Waals surface area (Å²) in [4.78, 5) is 39.9. The maximum absolute atomic E-state index is 12.9. The van der Waals surface area contributed by atoms with Crippen LogP contribution in [0.15, 0.2) is 36.4 Å². The van der Waals surface area contributed by atoms with Crippen LogP contribution >= 0.6 is 11.6 Å². The number of rotatable bonds is 6. The lowest BCUT2D eigenvalue weighted by molar-refractivity contribution is -0.148. The second-order valence-corrected chi connectivity index (χ2v) is 8.13. The highest BCUT2D eigenvalue weighted by molar-refractivity contribution is 6.30. The lowest BCUT2D eigenvalue weighted by Crippen LogP contribution is -2.50. The summed E-state index contributed by atoms with van der Waals surface area (Å²) in [6, 6.07) is 6.45. The number of fused-ring (bicyclic) bond motifs is 1. The third-order valence-electron chi connectivity index (χ3n) is 5.23. The van der Waals surface area contributed by atoms with E-state index in [0.717, 1.165) is 5.56 Å². The standard InChI is InChI=1S/C21H25ClN2O3/c1-13(2)11-18(19(25)23-12-14-7-9-15(22)10-8-14)24-20(26)16-5-3-4-6-17(16)21(24)27/h3-4,7-10,13,16-18H,5-6,11-12H2,1-2H3,(H,23,25)/t16-,17+,18-/m0/s1. The number of imide groups is 1. The van der Waals surface area contributed by atoms with Crippen LogP contribution in [0.4, 0.5) is 0 Å². The van der Waals surface area contributed by atoms with Crippen LogP contribution in [0.5, 0.6) is 0 Å². The summed E-state index contributed by atoms with van der Waals surface area (Å²) < 4.78 is 0. The summed E-state index contributed by atoms with van der Waals surface area (Å²) in [5.41, 5.74) is 0.910. The van der Waals surface area contributed by atoms with Crippen LogP contribution in [0.3, 0.4) is 0 Å². The molecule has 5 nitrogen and oxygen atoms in total. The van der Waals surface area contributed by atoms with Gasteiger partial charge in [-0.1, -0.05) is 49.7 Å². The lowest BCUT2D eigenvalue weighted by atomic mass is 9.85. The van der Waals surface area contributed by atoms with Crippen molar-refractivity contribution in [1.29, 1.82) is 0 Å². The molecular formula is C21H25ClN2O3. The highest BCUT2D eigenvalue weighted by atomic mass is 35.5. The Morgan fingerprint density at radius 2 is 1.67 bits per heavy atom. The zero-order chi connectivity index (χ0) is 19.6. The van der Waals surface area contributed by atoms with Crippen LogP contribution in [-0.4, -0.2) is 28.7 Å². The minimum absolute atomic E-state index is 0.178. The molecule has 0 spiro atoms. The molecule has 2 aliphatic rings. The molecule has 0 aromatic heterocycles. The summed E-state index contributed by atoms with van der Waals surface area (Å²) in [6.45, 7) is 4.30.